The number of carbonyl (C=O) groups is 1. The maximum Gasteiger partial charge on any atom is 0.243 e. The van der Waals surface area contributed by atoms with E-state index in [1.54, 1.807) is 18.2 Å². The molecule has 10 heteroatoms. The predicted molar refractivity (Wildman–Crippen MR) is 134 cm³/mol. The predicted octanol–water partition coefficient (Wildman–Crippen LogP) is 5.18. The zero-order valence-corrected chi connectivity index (χ0v) is 21.9. The van der Waals surface area contributed by atoms with Gasteiger partial charge in [-0.1, -0.05) is 11.6 Å². The van der Waals surface area contributed by atoms with Crippen molar-refractivity contribution in [1.82, 2.24) is 9.21 Å². The molecule has 0 saturated carbocycles. The molecule has 1 amide bonds. The molecule has 2 aliphatic heterocycles. The van der Waals surface area contributed by atoms with Gasteiger partial charge in [-0.25, -0.2) is 17.2 Å². The third-order valence-corrected chi connectivity index (χ3v) is 9.26. The number of likely N-dealkylation sites (tertiary alicyclic amines) is 1. The number of hydrogen-bond donors (Lipinski definition) is 0. The van der Waals surface area contributed by atoms with Crippen LogP contribution in [0, 0.1) is 24.0 Å². The van der Waals surface area contributed by atoms with Gasteiger partial charge in [0.1, 0.15) is 17.4 Å². The molecule has 6 nitrogen and oxygen atoms in total. The standard InChI is InChI=1S/C26H31ClF2N2O4S/c1-19-12-22(6-7-24(19)27)35-18-26(16-25(32)30-9-3-2-4-10-30)8-5-11-31(17-26)36(33,34)23-14-20(28)13-21(29)15-23/h6-7,12-15H,2-5,8-11,16-18H2,1H3. The minimum absolute atomic E-state index is 0.0135. The third kappa shape index (κ3) is 6.18. The lowest BCUT2D eigenvalue weighted by atomic mass is 9.78. The van der Waals surface area contributed by atoms with Gasteiger partial charge in [-0.05, 0) is 74.9 Å². The molecular formula is C26H31ClF2N2O4S. The van der Waals surface area contributed by atoms with Gasteiger partial charge in [-0.15, -0.1) is 0 Å². The second kappa shape index (κ2) is 11.0. The highest BCUT2D eigenvalue weighted by molar-refractivity contribution is 7.89. The molecule has 1 unspecified atom stereocenters. The van der Waals surface area contributed by atoms with Crippen LogP contribution in [0.2, 0.25) is 5.02 Å². The van der Waals surface area contributed by atoms with Gasteiger partial charge >= 0.3 is 0 Å². The third-order valence-electron chi connectivity index (χ3n) is 7.01. The number of nitrogens with zero attached hydrogens (tertiary/aromatic N) is 2. The lowest BCUT2D eigenvalue weighted by Gasteiger charge is -2.42. The summed E-state index contributed by atoms with van der Waals surface area (Å²) in [7, 11) is -4.18. The minimum atomic E-state index is -4.18. The van der Waals surface area contributed by atoms with Gasteiger partial charge in [0.2, 0.25) is 15.9 Å². The summed E-state index contributed by atoms with van der Waals surface area (Å²) >= 11 is 6.13. The molecule has 2 fully saturated rings. The number of halogens is 3. The second-order valence-electron chi connectivity index (χ2n) is 9.87. The fourth-order valence-corrected chi connectivity index (χ4v) is 6.78. The van der Waals surface area contributed by atoms with E-state index in [-0.39, 0.29) is 32.0 Å². The first kappa shape index (κ1) is 26.8. The van der Waals surface area contributed by atoms with E-state index in [1.165, 1.54) is 4.31 Å². The average Bonchev–Trinajstić information content (AvgIpc) is 2.85. The van der Waals surface area contributed by atoms with Crippen LogP contribution in [0.1, 0.15) is 44.1 Å². The van der Waals surface area contributed by atoms with Crippen LogP contribution < -0.4 is 4.74 Å². The molecule has 2 heterocycles. The summed E-state index contributed by atoms with van der Waals surface area (Å²) in [6.07, 6.45) is 4.19. The fourth-order valence-electron chi connectivity index (χ4n) is 5.03. The molecule has 2 saturated heterocycles. The Labute approximate surface area is 216 Å². The van der Waals surface area contributed by atoms with Crippen LogP contribution in [0.4, 0.5) is 8.78 Å². The van der Waals surface area contributed by atoms with Crippen molar-refractivity contribution in [1.29, 1.82) is 0 Å². The van der Waals surface area contributed by atoms with Crippen LogP contribution >= 0.6 is 11.6 Å². The molecule has 0 N–H and O–H groups in total. The lowest BCUT2D eigenvalue weighted by molar-refractivity contribution is -0.136. The maximum atomic E-state index is 13.8. The summed E-state index contributed by atoms with van der Waals surface area (Å²) in [4.78, 5) is 14.7. The van der Waals surface area contributed by atoms with E-state index in [0.29, 0.717) is 42.8 Å². The summed E-state index contributed by atoms with van der Waals surface area (Å²) in [6.45, 7) is 3.57. The van der Waals surface area contributed by atoms with Crippen molar-refractivity contribution in [3.63, 3.8) is 0 Å². The number of rotatable bonds is 7. The number of carbonyl (C=O) groups excluding carboxylic acids is 1. The van der Waals surface area contributed by atoms with Crippen molar-refractivity contribution in [2.45, 2.75) is 50.3 Å². The molecule has 0 aromatic heterocycles. The maximum absolute atomic E-state index is 13.8. The number of aryl methyl sites for hydroxylation is 1. The van der Waals surface area contributed by atoms with Crippen molar-refractivity contribution < 1.29 is 26.7 Å². The molecule has 196 valence electrons. The van der Waals surface area contributed by atoms with Crippen LogP contribution in [-0.4, -0.2) is 56.3 Å². The van der Waals surface area contributed by atoms with Crippen molar-refractivity contribution in [3.05, 3.63) is 58.6 Å². The Morgan fingerprint density at radius 1 is 1.03 bits per heavy atom. The van der Waals surface area contributed by atoms with Gasteiger partial charge in [-0.2, -0.15) is 4.31 Å². The Hall–Kier alpha value is -2.23. The molecule has 36 heavy (non-hydrogen) atoms. The molecule has 2 aliphatic rings. The molecule has 0 radical (unpaired) electrons. The Morgan fingerprint density at radius 3 is 2.39 bits per heavy atom. The Balaban J connectivity index is 1.60. The van der Waals surface area contributed by atoms with Gasteiger partial charge in [0.25, 0.3) is 0 Å². The van der Waals surface area contributed by atoms with Crippen molar-refractivity contribution in [2.75, 3.05) is 32.8 Å². The highest BCUT2D eigenvalue weighted by Gasteiger charge is 2.43. The smallest absolute Gasteiger partial charge is 0.243 e. The van der Waals surface area contributed by atoms with Crippen molar-refractivity contribution in [2.24, 2.45) is 5.41 Å². The van der Waals surface area contributed by atoms with Crippen molar-refractivity contribution >= 4 is 27.5 Å². The molecule has 4 rings (SSSR count). The van der Waals surface area contributed by atoms with E-state index in [9.17, 15) is 22.0 Å². The normalized spacial score (nSPS) is 21.4. The first-order valence-corrected chi connectivity index (χ1v) is 14.0. The number of sulfonamides is 1. The van der Waals surface area contributed by atoms with Gasteiger partial charge in [0.05, 0.1) is 11.5 Å². The number of benzene rings is 2. The summed E-state index contributed by atoms with van der Waals surface area (Å²) in [5.74, 6) is -1.37. The Bertz CT molecular complexity index is 1200. The van der Waals surface area contributed by atoms with E-state index >= 15 is 0 Å². The zero-order valence-electron chi connectivity index (χ0n) is 20.3. The highest BCUT2D eigenvalue weighted by atomic mass is 35.5. The van der Waals surface area contributed by atoms with Gasteiger partial charge in [0, 0.05) is 49.1 Å². The minimum Gasteiger partial charge on any atom is -0.493 e. The van der Waals surface area contributed by atoms with Crippen LogP contribution in [0.5, 0.6) is 5.75 Å². The largest absolute Gasteiger partial charge is 0.493 e. The summed E-state index contributed by atoms with van der Waals surface area (Å²) in [6, 6.07) is 7.55. The van der Waals surface area contributed by atoms with Crippen LogP contribution in [0.25, 0.3) is 0 Å². The van der Waals surface area contributed by atoms with E-state index in [0.717, 1.165) is 37.0 Å². The summed E-state index contributed by atoms with van der Waals surface area (Å²) in [5.41, 5.74) is 0.0489. The molecular weight excluding hydrogens is 510 g/mol. The number of amides is 1. The Kier molecular flexibility index (Phi) is 8.22. The van der Waals surface area contributed by atoms with Gasteiger partial charge < -0.3 is 9.64 Å². The van der Waals surface area contributed by atoms with Crippen LogP contribution in [0.3, 0.4) is 0 Å². The topological polar surface area (TPSA) is 66.9 Å². The van der Waals surface area contributed by atoms with E-state index in [2.05, 4.69) is 0 Å². The number of ether oxygens (including phenoxy) is 1. The zero-order chi connectivity index (χ0) is 25.9. The van der Waals surface area contributed by atoms with Gasteiger partial charge in [0.15, 0.2) is 0 Å². The van der Waals surface area contributed by atoms with Crippen LogP contribution in [0.15, 0.2) is 41.3 Å². The number of piperidine rings is 2. The molecule has 1 atom stereocenters. The van der Waals surface area contributed by atoms with E-state index in [4.69, 9.17) is 16.3 Å². The molecule has 0 aliphatic carbocycles. The van der Waals surface area contributed by atoms with E-state index < -0.39 is 32.0 Å². The second-order valence-corrected chi connectivity index (χ2v) is 12.2. The molecule has 2 aromatic carbocycles. The van der Waals surface area contributed by atoms with Crippen LogP contribution in [-0.2, 0) is 14.8 Å². The molecule has 0 bridgehead atoms. The first-order valence-electron chi connectivity index (χ1n) is 12.2. The highest BCUT2D eigenvalue weighted by Crippen LogP contribution is 2.38. The quantitative estimate of drug-likeness (QED) is 0.485. The Morgan fingerprint density at radius 2 is 1.72 bits per heavy atom. The summed E-state index contributed by atoms with van der Waals surface area (Å²) < 4.78 is 61.7. The number of hydrogen-bond acceptors (Lipinski definition) is 4. The van der Waals surface area contributed by atoms with E-state index in [1.807, 2.05) is 11.8 Å². The van der Waals surface area contributed by atoms with Crippen molar-refractivity contribution in [3.8, 4) is 5.75 Å². The lowest BCUT2D eigenvalue weighted by Crippen LogP contribution is -2.51. The average molecular weight is 541 g/mol. The molecule has 0 spiro atoms. The fraction of sp³-hybridized carbons (Fsp3) is 0.500. The monoisotopic (exact) mass is 540 g/mol. The molecule has 2 aromatic rings. The van der Waals surface area contributed by atoms with Gasteiger partial charge in [-0.3, -0.25) is 4.79 Å². The first-order chi connectivity index (χ1) is 17.1. The summed E-state index contributed by atoms with van der Waals surface area (Å²) in [5, 5.41) is 0.606. The SMILES string of the molecule is Cc1cc(OCC2(CC(=O)N3CCCCC3)CCCN(S(=O)(=O)c3cc(F)cc(F)c3)C2)ccc1Cl.